The maximum atomic E-state index is 11.7. The molecule has 92 valence electrons. The molecular formula is C12H9Cl2N3O. The van der Waals surface area contributed by atoms with E-state index in [0.29, 0.717) is 21.4 Å². The average Bonchev–Trinajstić information content (AvgIpc) is 2.39. The highest BCUT2D eigenvalue weighted by atomic mass is 35.5. The van der Waals surface area contributed by atoms with Crippen molar-refractivity contribution >= 4 is 34.8 Å². The number of hydrazine groups is 1. The van der Waals surface area contributed by atoms with Gasteiger partial charge in [-0.05, 0) is 24.3 Å². The molecule has 0 aliphatic rings. The van der Waals surface area contributed by atoms with Crippen LogP contribution in [0.3, 0.4) is 0 Å². The van der Waals surface area contributed by atoms with Crippen molar-refractivity contribution in [2.75, 3.05) is 5.43 Å². The second-order valence-electron chi connectivity index (χ2n) is 3.39. The SMILES string of the molecule is O=C(NNc1c(Cl)cccc1Cl)c1ccccn1. The molecule has 2 N–H and O–H groups in total. The molecule has 0 radical (unpaired) electrons. The van der Waals surface area contributed by atoms with Crippen LogP contribution >= 0.6 is 23.2 Å². The molecule has 4 nitrogen and oxygen atoms in total. The largest absolute Gasteiger partial charge is 0.295 e. The highest BCUT2D eigenvalue weighted by molar-refractivity contribution is 6.39. The van der Waals surface area contributed by atoms with Crippen molar-refractivity contribution in [3.05, 3.63) is 58.3 Å². The van der Waals surface area contributed by atoms with Crippen molar-refractivity contribution in [1.29, 1.82) is 0 Å². The van der Waals surface area contributed by atoms with Gasteiger partial charge in [0.25, 0.3) is 5.91 Å². The van der Waals surface area contributed by atoms with Crippen LogP contribution in [-0.2, 0) is 0 Å². The minimum atomic E-state index is -0.369. The first-order chi connectivity index (χ1) is 8.68. The van der Waals surface area contributed by atoms with Crippen LogP contribution in [0.2, 0.25) is 10.0 Å². The lowest BCUT2D eigenvalue weighted by atomic mass is 10.3. The molecule has 0 saturated carbocycles. The van der Waals surface area contributed by atoms with E-state index >= 15 is 0 Å². The predicted octanol–water partition coefficient (Wildman–Crippen LogP) is 3.15. The molecule has 1 aromatic heterocycles. The summed E-state index contributed by atoms with van der Waals surface area (Å²) in [5, 5.41) is 0.840. The normalized spacial score (nSPS) is 9.89. The van der Waals surface area contributed by atoms with Gasteiger partial charge in [-0.3, -0.25) is 20.6 Å². The second-order valence-corrected chi connectivity index (χ2v) is 4.21. The van der Waals surface area contributed by atoms with Crippen molar-refractivity contribution in [2.45, 2.75) is 0 Å². The quantitative estimate of drug-likeness (QED) is 0.850. The van der Waals surface area contributed by atoms with E-state index in [1.165, 1.54) is 6.20 Å². The van der Waals surface area contributed by atoms with Gasteiger partial charge in [0.1, 0.15) is 5.69 Å². The van der Waals surface area contributed by atoms with Crippen LogP contribution in [0.25, 0.3) is 0 Å². The van der Waals surface area contributed by atoms with E-state index in [9.17, 15) is 4.79 Å². The van der Waals surface area contributed by atoms with Gasteiger partial charge in [0.15, 0.2) is 0 Å². The van der Waals surface area contributed by atoms with Gasteiger partial charge in [0, 0.05) is 6.20 Å². The summed E-state index contributed by atoms with van der Waals surface area (Å²) in [6.07, 6.45) is 1.54. The lowest BCUT2D eigenvalue weighted by Gasteiger charge is -2.10. The molecule has 0 bridgehead atoms. The van der Waals surface area contributed by atoms with Gasteiger partial charge in [0.05, 0.1) is 15.7 Å². The van der Waals surface area contributed by atoms with Crippen LogP contribution in [-0.4, -0.2) is 10.9 Å². The molecule has 2 aromatic rings. The Kier molecular flexibility index (Phi) is 4.02. The van der Waals surface area contributed by atoms with E-state index in [4.69, 9.17) is 23.2 Å². The fraction of sp³-hybridized carbons (Fsp3) is 0. The Morgan fingerprint density at radius 1 is 1.06 bits per heavy atom. The van der Waals surface area contributed by atoms with E-state index in [2.05, 4.69) is 15.8 Å². The zero-order valence-corrected chi connectivity index (χ0v) is 10.7. The number of hydrogen-bond donors (Lipinski definition) is 2. The van der Waals surface area contributed by atoms with Gasteiger partial charge in [-0.1, -0.05) is 35.3 Å². The topological polar surface area (TPSA) is 54.0 Å². The van der Waals surface area contributed by atoms with E-state index in [1.54, 1.807) is 36.4 Å². The molecule has 0 spiro atoms. The number of hydrogen-bond acceptors (Lipinski definition) is 3. The second kappa shape index (κ2) is 5.71. The standard InChI is InChI=1S/C12H9Cl2N3O/c13-8-4-3-5-9(14)11(8)16-17-12(18)10-6-1-2-7-15-10/h1-7,16H,(H,17,18). The molecule has 1 aromatic carbocycles. The molecule has 18 heavy (non-hydrogen) atoms. The predicted molar refractivity (Wildman–Crippen MR) is 71.8 cm³/mol. The van der Waals surface area contributed by atoms with Crippen LogP contribution in [0, 0.1) is 0 Å². The van der Waals surface area contributed by atoms with Crippen LogP contribution in [0.15, 0.2) is 42.6 Å². The van der Waals surface area contributed by atoms with Crippen LogP contribution in [0.4, 0.5) is 5.69 Å². The third-order valence-electron chi connectivity index (χ3n) is 2.16. The molecule has 0 aliphatic carbocycles. The van der Waals surface area contributed by atoms with Gasteiger partial charge in [-0.2, -0.15) is 0 Å². The molecular weight excluding hydrogens is 273 g/mol. The van der Waals surface area contributed by atoms with Crippen molar-refractivity contribution in [1.82, 2.24) is 10.4 Å². The minimum Gasteiger partial charge on any atom is -0.295 e. The summed E-state index contributed by atoms with van der Waals surface area (Å²) < 4.78 is 0. The first-order valence-corrected chi connectivity index (χ1v) is 5.85. The summed E-state index contributed by atoms with van der Waals surface area (Å²) >= 11 is 11.9. The number of nitrogens with one attached hydrogen (secondary N) is 2. The van der Waals surface area contributed by atoms with Crippen molar-refractivity contribution in [3.8, 4) is 0 Å². The molecule has 0 atom stereocenters. The highest BCUT2D eigenvalue weighted by Gasteiger charge is 2.08. The average molecular weight is 282 g/mol. The Balaban J connectivity index is 2.07. The maximum absolute atomic E-state index is 11.7. The number of nitrogens with zero attached hydrogens (tertiary/aromatic N) is 1. The molecule has 2 rings (SSSR count). The van der Waals surface area contributed by atoms with Gasteiger partial charge in [-0.25, -0.2) is 0 Å². The van der Waals surface area contributed by atoms with E-state index < -0.39 is 0 Å². The minimum absolute atomic E-state index is 0.299. The van der Waals surface area contributed by atoms with Gasteiger partial charge >= 0.3 is 0 Å². The number of pyridine rings is 1. The summed E-state index contributed by atoms with van der Waals surface area (Å²) in [6.45, 7) is 0. The molecule has 0 aliphatic heterocycles. The van der Waals surface area contributed by atoms with E-state index in [-0.39, 0.29) is 5.91 Å². The molecule has 1 amide bonds. The summed E-state index contributed by atoms with van der Waals surface area (Å²) in [4.78, 5) is 15.6. The smallest absolute Gasteiger partial charge is 0.288 e. The number of halogens is 2. The Hall–Kier alpha value is -1.78. The number of carbonyl (C=O) groups is 1. The molecule has 0 unspecified atom stereocenters. The molecule has 0 saturated heterocycles. The summed E-state index contributed by atoms with van der Waals surface area (Å²) in [5.41, 5.74) is 5.90. The summed E-state index contributed by atoms with van der Waals surface area (Å²) in [7, 11) is 0. The summed E-state index contributed by atoms with van der Waals surface area (Å²) in [5.74, 6) is -0.369. The third-order valence-corrected chi connectivity index (χ3v) is 2.79. The van der Waals surface area contributed by atoms with Gasteiger partial charge in [-0.15, -0.1) is 0 Å². The Morgan fingerprint density at radius 3 is 2.39 bits per heavy atom. The zero-order chi connectivity index (χ0) is 13.0. The highest BCUT2D eigenvalue weighted by Crippen LogP contribution is 2.28. The zero-order valence-electron chi connectivity index (χ0n) is 9.15. The number of anilines is 1. The fourth-order valence-electron chi connectivity index (χ4n) is 1.30. The van der Waals surface area contributed by atoms with Crippen molar-refractivity contribution in [2.24, 2.45) is 0 Å². The van der Waals surface area contributed by atoms with E-state index in [0.717, 1.165) is 0 Å². The number of para-hydroxylation sites is 1. The third kappa shape index (κ3) is 2.91. The monoisotopic (exact) mass is 281 g/mol. The number of rotatable bonds is 3. The lowest BCUT2D eigenvalue weighted by molar-refractivity contribution is 0.0958. The number of benzene rings is 1. The van der Waals surface area contributed by atoms with Crippen LogP contribution in [0.1, 0.15) is 10.5 Å². The van der Waals surface area contributed by atoms with Crippen molar-refractivity contribution in [3.63, 3.8) is 0 Å². The van der Waals surface area contributed by atoms with Gasteiger partial charge < -0.3 is 0 Å². The Morgan fingerprint density at radius 2 is 1.78 bits per heavy atom. The Bertz CT molecular complexity index is 540. The van der Waals surface area contributed by atoms with Crippen LogP contribution < -0.4 is 10.9 Å². The molecule has 1 heterocycles. The first-order valence-electron chi connectivity index (χ1n) is 5.10. The van der Waals surface area contributed by atoms with Crippen LogP contribution in [0.5, 0.6) is 0 Å². The maximum Gasteiger partial charge on any atom is 0.288 e. The lowest BCUT2D eigenvalue weighted by Crippen LogP contribution is -2.30. The first kappa shape index (κ1) is 12.7. The summed E-state index contributed by atoms with van der Waals surface area (Å²) in [6, 6.07) is 10.1. The Labute approximate surface area is 114 Å². The fourth-order valence-corrected chi connectivity index (χ4v) is 1.79. The van der Waals surface area contributed by atoms with E-state index in [1.807, 2.05) is 0 Å². The number of amides is 1. The number of carbonyl (C=O) groups excluding carboxylic acids is 1. The molecule has 6 heteroatoms. The van der Waals surface area contributed by atoms with Gasteiger partial charge in [0.2, 0.25) is 0 Å². The van der Waals surface area contributed by atoms with Crippen molar-refractivity contribution < 1.29 is 4.79 Å². The number of aromatic nitrogens is 1. The molecule has 0 fully saturated rings.